The van der Waals surface area contributed by atoms with Crippen LogP contribution in [0.25, 0.3) is 0 Å². The van der Waals surface area contributed by atoms with Gasteiger partial charge in [-0.3, -0.25) is 4.68 Å². The average Bonchev–Trinajstić information content (AvgIpc) is 2.90. The van der Waals surface area contributed by atoms with Gasteiger partial charge in [0.1, 0.15) is 6.10 Å². The molecular weight excluding hydrogens is 180 g/mol. The number of hydrogen-bond acceptors (Lipinski definition) is 3. The summed E-state index contributed by atoms with van der Waals surface area (Å²) < 4.78 is 6.99. The number of ether oxygens (including phenoxy) is 1. The molecule has 1 aliphatic rings. The van der Waals surface area contributed by atoms with Gasteiger partial charge < -0.3 is 9.84 Å². The predicted molar refractivity (Wildman–Crippen MR) is 51.7 cm³/mol. The minimum absolute atomic E-state index is 0.0927. The van der Waals surface area contributed by atoms with Crippen LogP contribution in [0.3, 0.4) is 0 Å². The van der Waals surface area contributed by atoms with E-state index in [-0.39, 0.29) is 6.10 Å². The summed E-state index contributed by atoms with van der Waals surface area (Å²) in [5.41, 5.74) is 0.700. The molecule has 0 amide bonds. The van der Waals surface area contributed by atoms with Gasteiger partial charge in [-0.25, -0.2) is 0 Å². The summed E-state index contributed by atoms with van der Waals surface area (Å²) in [5, 5.41) is 14.2. The lowest BCUT2D eigenvalue weighted by atomic mass is 10.1. The molecule has 1 saturated carbocycles. The van der Waals surface area contributed by atoms with Crippen LogP contribution in [-0.2, 0) is 11.8 Å². The zero-order valence-electron chi connectivity index (χ0n) is 8.55. The molecule has 1 aromatic rings. The Morgan fingerprint density at radius 3 is 2.79 bits per heavy atom. The third-order valence-corrected chi connectivity index (χ3v) is 2.71. The van der Waals surface area contributed by atoms with E-state index in [4.69, 9.17) is 4.74 Å². The van der Waals surface area contributed by atoms with Crippen LogP contribution in [0, 0.1) is 5.92 Å². The number of nitrogens with zero attached hydrogens (tertiary/aromatic N) is 2. The summed E-state index contributed by atoms with van der Waals surface area (Å²) in [6.07, 6.45) is 3.46. The van der Waals surface area contributed by atoms with Crippen LogP contribution in [0.1, 0.15) is 24.6 Å². The molecule has 1 aromatic heterocycles. The van der Waals surface area contributed by atoms with Gasteiger partial charge in [-0.2, -0.15) is 5.10 Å². The zero-order valence-corrected chi connectivity index (χ0v) is 8.55. The quantitative estimate of drug-likeness (QED) is 0.777. The highest BCUT2D eigenvalue weighted by atomic mass is 16.5. The van der Waals surface area contributed by atoms with Crippen LogP contribution in [0.5, 0.6) is 0 Å². The normalized spacial score (nSPS) is 20.8. The van der Waals surface area contributed by atoms with Crippen LogP contribution >= 0.6 is 0 Å². The number of aromatic nitrogens is 2. The number of aliphatic hydroxyl groups excluding tert-OH is 1. The largest absolute Gasteiger partial charge is 0.384 e. The fourth-order valence-corrected chi connectivity index (χ4v) is 1.76. The van der Waals surface area contributed by atoms with E-state index in [0.29, 0.717) is 11.6 Å². The SMILES string of the molecule is COC(C1CC1)C(O)c1ccn(C)n1. The van der Waals surface area contributed by atoms with Gasteiger partial charge in [0, 0.05) is 20.4 Å². The van der Waals surface area contributed by atoms with Crippen molar-refractivity contribution in [2.75, 3.05) is 7.11 Å². The van der Waals surface area contributed by atoms with Gasteiger partial charge in [0.15, 0.2) is 0 Å². The van der Waals surface area contributed by atoms with Crippen LogP contribution in [0.2, 0.25) is 0 Å². The monoisotopic (exact) mass is 196 g/mol. The van der Waals surface area contributed by atoms with Gasteiger partial charge in [0.25, 0.3) is 0 Å². The van der Waals surface area contributed by atoms with Crippen molar-refractivity contribution in [2.45, 2.75) is 25.0 Å². The lowest BCUT2D eigenvalue weighted by Gasteiger charge is -2.19. The van der Waals surface area contributed by atoms with Crippen molar-refractivity contribution < 1.29 is 9.84 Å². The van der Waals surface area contributed by atoms with E-state index in [2.05, 4.69) is 5.10 Å². The van der Waals surface area contributed by atoms with E-state index in [1.807, 2.05) is 19.3 Å². The van der Waals surface area contributed by atoms with Gasteiger partial charge in [0.05, 0.1) is 11.8 Å². The minimum Gasteiger partial charge on any atom is -0.384 e. The van der Waals surface area contributed by atoms with E-state index in [1.165, 1.54) is 0 Å². The van der Waals surface area contributed by atoms with Crippen molar-refractivity contribution >= 4 is 0 Å². The Hall–Kier alpha value is -0.870. The molecule has 0 aromatic carbocycles. The van der Waals surface area contributed by atoms with Gasteiger partial charge in [-0.05, 0) is 24.8 Å². The van der Waals surface area contributed by atoms with Crippen LogP contribution in [0.4, 0.5) is 0 Å². The zero-order chi connectivity index (χ0) is 10.1. The number of hydrogen-bond donors (Lipinski definition) is 1. The highest BCUT2D eigenvalue weighted by Crippen LogP contribution is 2.39. The Kier molecular flexibility index (Phi) is 2.56. The maximum Gasteiger partial charge on any atom is 0.124 e. The van der Waals surface area contributed by atoms with E-state index in [0.717, 1.165) is 12.8 Å². The van der Waals surface area contributed by atoms with Crippen molar-refractivity contribution in [1.29, 1.82) is 0 Å². The molecule has 4 heteroatoms. The Morgan fingerprint density at radius 2 is 2.36 bits per heavy atom. The molecule has 2 rings (SSSR count). The molecule has 0 aliphatic heterocycles. The highest BCUT2D eigenvalue weighted by molar-refractivity contribution is 5.06. The molecule has 0 radical (unpaired) electrons. The topological polar surface area (TPSA) is 47.3 Å². The van der Waals surface area contributed by atoms with Gasteiger partial charge >= 0.3 is 0 Å². The van der Waals surface area contributed by atoms with Gasteiger partial charge in [0.2, 0.25) is 0 Å². The van der Waals surface area contributed by atoms with E-state index in [1.54, 1.807) is 11.8 Å². The molecule has 78 valence electrons. The molecule has 2 unspecified atom stereocenters. The Morgan fingerprint density at radius 1 is 1.64 bits per heavy atom. The second kappa shape index (κ2) is 3.71. The molecule has 0 spiro atoms. The Balaban J connectivity index is 2.08. The summed E-state index contributed by atoms with van der Waals surface area (Å²) in [5.74, 6) is 0.511. The third-order valence-electron chi connectivity index (χ3n) is 2.71. The molecule has 14 heavy (non-hydrogen) atoms. The van der Waals surface area contributed by atoms with Crippen LogP contribution in [0.15, 0.2) is 12.3 Å². The Labute approximate surface area is 83.5 Å². The molecule has 4 nitrogen and oxygen atoms in total. The van der Waals surface area contributed by atoms with E-state index < -0.39 is 6.10 Å². The molecule has 2 atom stereocenters. The molecular formula is C10H16N2O2. The molecule has 1 heterocycles. The first-order valence-corrected chi connectivity index (χ1v) is 4.93. The number of methoxy groups -OCH3 is 1. The van der Waals surface area contributed by atoms with Crippen LogP contribution < -0.4 is 0 Å². The molecule has 1 fully saturated rings. The maximum absolute atomic E-state index is 10.0. The molecule has 0 saturated heterocycles. The first kappa shape index (κ1) is 9.68. The smallest absolute Gasteiger partial charge is 0.124 e. The van der Waals surface area contributed by atoms with Crippen LogP contribution in [-0.4, -0.2) is 28.1 Å². The lowest BCUT2D eigenvalue weighted by molar-refractivity contribution is -0.0281. The number of rotatable bonds is 4. The first-order chi connectivity index (χ1) is 6.72. The van der Waals surface area contributed by atoms with Crippen molar-refractivity contribution in [3.63, 3.8) is 0 Å². The average molecular weight is 196 g/mol. The summed E-state index contributed by atoms with van der Waals surface area (Å²) in [6, 6.07) is 1.83. The van der Waals surface area contributed by atoms with Crippen molar-refractivity contribution in [3.05, 3.63) is 18.0 Å². The van der Waals surface area contributed by atoms with Crippen molar-refractivity contribution in [3.8, 4) is 0 Å². The van der Waals surface area contributed by atoms with E-state index in [9.17, 15) is 5.11 Å². The lowest BCUT2D eigenvalue weighted by Crippen LogP contribution is -2.23. The molecule has 0 bridgehead atoms. The predicted octanol–water partition coefficient (Wildman–Crippen LogP) is 0.878. The minimum atomic E-state index is -0.589. The maximum atomic E-state index is 10.0. The van der Waals surface area contributed by atoms with Crippen molar-refractivity contribution in [2.24, 2.45) is 13.0 Å². The Bertz CT molecular complexity index is 307. The second-order valence-corrected chi connectivity index (χ2v) is 3.90. The number of aryl methyl sites for hydroxylation is 1. The fraction of sp³-hybridized carbons (Fsp3) is 0.700. The molecule has 1 N–H and O–H groups in total. The summed E-state index contributed by atoms with van der Waals surface area (Å²) in [4.78, 5) is 0. The third kappa shape index (κ3) is 1.81. The van der Waals surface area contributed by atoms with Crippen molar-refractivity contribution in [1.82, 2.24) is 9.78 Å². The highest BCUT2D eigenvalue weighted by Gasteiger charge is 2.37. The second-order valence-electron chi connectivity index (χ2n) is 3.90. The molecule has 1 aliphatic carbocycles. The summed E-state index contributed by atoms with van der Waals surface area (Å²) >= 11 is 0. The summed E-state index contributed by atoms with van der Waals surface area (Å²) in [6.45, 7) is 0. The number of aliphatic hydroxyl groups is 1. The van der Waals surface area contributed by atoms with Gasteiger partial charge in [-0.1, -0.05) is 0 Å². The fourth-order valence-electron chi connectivity index (χ4n) is 1.76. The first-order valence-electron chi connectivity index (χ1n) is 4.93. The van der Waals surface area contributed by atoms with Gasteiger partial charge in [-0.15, -0.1) is 0 Å². The summed E-state index contributed by atoms with van der Waals surface area (Å²) in [7, 11) is 3.49. The van der Waals surface area contributed by atoms with E-state index >= 15 is 0 Å². The standard InChI is InChI=1S/C10H16N2O2/c1-12-6-5-8(11-12)9(13)10(14-2)7-3-4-7/h5-7,9-10,13H,3-4H2,1-2H3.